The first-order chi connectivity index (χ1) is 13.7. The molecule has 3 aliphatic rings. The van der Waals surface area contributed by atoms with Crippen LogP contribution in [-0.2, 0) is 0 Å². The molecule has 146 valence electrons. The molecule has 28 heavy (non-hydrogen) atoms. The standard InChI is InChI=1S/C23H26FN3O/c24-17-8-6-16(7-9-17)22(28)5-2-12-26-13-10-21-19(15-26)18-3-1-4-20-23(18)27(21)14-11-25-20/h1,3-4,6-9,19,21,25H,2,5,10-15H2/t19-,21-/m0/s1. The van der Waals surface area contributed by atoms with Crippen molar-refractivity contribution in [3.8, 4) is 0 Å². The molecular weight excluding hydrogens is 353 g/mol. The van der Waals surface area contributed by atoms with Crippen molar-refractivity contribution in [2.45, 2.75) is 31.2 Å². The number of para-hydroxylation sites is 1. The van der Waals surface area contributed by atoms with Crippen LogP contribution in [0.25, 0.3) is 0 Å². The lowest BCUT2D eigenvalue weighted by Crippen LogP contribution is -2.48. The van der Waals surface area contributed by atoms with Crippen LogP contribution in [0.5, 0.6) is 0 Å². The number of halogens is 1. The molecule has 0 amide bonds. The summed E-state index contributed by atoms with van der Waals surface area (Å²) in [6.45, 7) is 5.23. The fourth-order valence-electron chi connectivity index (χ4n) is 5.21. The molecule has 2 aromatic carbocycles. The summed E-state index contributed by atoms with van der Waals surface area (Å²) in [5.74, 6) is 0.373. The van der Waals surface area contributed by atoms with Gasteiger partial charge in [-0.15, -0.1) is 0 Å². The molecule has 0 unspecified atom stereocenters. The topological polar surface area (TPSA) is 35.6 Å². The number of likely N-dealkylation sites (tertiary alicyclic amines) is 1. The van der Waals surface area contributed by atoms with E-state index in [1.807, 2.05) is 0 Å². The highest BCUT2D eigenvalue weighted by Gasteiger charge is 2.43. The Balaban J connectivity index is 1.20. The maximum Gasteiger partial charge on any atom is 0.162 e. The first kappa shape index (κ1) is 17.7. The Morgan fingerprint density at radius 3 is 2.86 bits per heavy atom. The minimum absolute atomic E-state index is 0.105. The third kappa shape index (κ3) is 3.08. The van der Waals surface area contributed by atoms with Crippen LogP contribution in [0.3, 0.4) is 0 Å². The summed E-state index contributed by atoms with van der Waals surface area (Å²) in [6, 6.07) is 13.2. The van der Waals surface area contributed by atoms with Gasteiger partial charge in [0.05, 0.1) is 11.4 Å². The van der Waals surface area contributed by atoms with Gasteiger partial charge in [-0.25, -0.2) is 4.39 Å². The molecule has 4 nitrogen and oxygen atoms in total. The van der Waals surface area contributed by atoms with Gasteiger partial charge in [0, 0.05) is 50.1 Å². The Morgan fingerprint density at radius 1 is 1.14 bits per heavy atom. The Bertz CT molecular complexity index is 882. The predicted molar refractivity (Wildman–Crippen MR) is 110 cm³/mol. The number of carbonyl (C=O) groups is 1. The van der Waals surface area contributed by atoms with Gasteiger partial charge in [0.2, 0.25) is 0 Å². The van der Waals surface area contributed by atoms with E-state index < -0.39 is 0 Å². The molecule has 1 saturated heterocycles. The highest BCUT2D eigenvalue weighted by Crippen LogP contribution is 2.49. The van der Waals surface area contributed by atoms with Crippen molar-refractivity contribution >= 4 is 17.2 Å². The molecule has 5 heteroatoms. The zero-order valence-electron chi connectivity index (χ0n) is 16.0. The summed E-state index contributed by atoms with van der Waals surface area (Å²) in [6.07, 6.45) is 2.56. The number of benzene rings is 2. The van der Waals surface area contributed by atoms with E-state index in [9.17, 15) is 9.18 Å². The molecule has 0 saturated carbocycles. The van der Waals surface area contributed by atoms with Gasteiger partial charge in [0.1, 0.15) is 5.82 Å². The van der Waals surface area contributed by atoms with Gasteiger partial charge >= 0.3 is 0 Å². The van der Waals surface area contributed by atoms with Crippen molar-refractivity contribution in [1.82, 2.24) is 4.90 Å². The number of fused-ring (bicyclic) bond motifs is 3. The highest BCUT2D eigenvalue weighted by atomic mass is 19.1. The van der Waals surface area contributed by atoms with E-state index in [2.05, 4.69) is 33.3 Å². The first-order valence-corrected chi connectivity index (χ1v) is 10.4. The smallest absolute Gasteiger partial charge is 0.162 e. The van der Waals surface area contributed by atoms with Crippen LogP contribution in [0.2, 0.25) is 0 Å². The van der Waals surface area contributed by atoms with Gasteiger partial charge in [-0.3, -0.25) is 4.79 Å². The van der Waals surface area contributed by atoms with Crippen LogP contribution < -0.4 is 10.2 Å². The summed E-state index contributed by atoms with van der Waals surface area (Å²) in [7, 11) is 0. The Hall–Kier alpha value is -2.40. The van der Waals surface area contributed by atoms with E-state index in [4.69, 9.17) is 0 Å². The second-order valence-corrected chi connectivity index (χ2v) is 8.16. The number of hydrogen-bond donors (Lipinski definition) is 1. The summed E-state index contributed by atoms with van der Waals surface area (Å²) in [4.78, 5) is 17.5. The van der Waals surface area contributed by atoms with Crippen molar-refractivity contribution in [3.05, 3.63) is 59.4 Å². The number of piperidine rings is 1. The molecule has 3 aliphatic heterocycles. The lowest BCUT2D eigenvalue weighted by Gasteiger charge is -2.40. The predicted octanol–water partition coefficient (Wildman–Crippen LogP) is 3.89. The quantitative estimate of drug-likeness (QED) is 0.800. The lowest BCUT2D eigenvalue weighted by atomic mass is 9.89. The number of Topliss-reactive ketones (excluding diaryl/α,β-unsaturated/α-hetero) is 1. The molecule has 5 rings (SSSR count). The Kier molecular flexibility index (Phi) is 4.55. The maximum absolute atomic E-state index is 13.0. The Morgan fingerprint density at radius 2 is 2.00 bits per heavy atom. The second kappa shape index (κ2) is 7.21. The molecule has 0 radical (unpaired) electrons. The zero-order chi connectivity index (χ0) is 19.1. The van der Waals surface area contributed by atoms with Crippen molar-refractivity contribution in [2.24, 2.45) is 0 Å². The molecule has 2 aromatic rings. The first-order valence-electron chi connectivity index (χ1n) is 10.4. The molecule has 0 aliphatic carbocycles. The van der Waals surface area contributed by atoms with E-state index in [0.717, 1.165) is 39.1 Å². The van der Waals surface area contributed by atoms with Crippen molar-refractivity contribution < 1.29 is 9.18 Å². The largest absolute Gasteiger partial charge is 0.382 e. The SMILES string of the molecule is O=C(CCCN1CC[C@H]2[C@@H](C1)c1cccc3c1N2CCN3)c1ccc(F)cc1. The van der Waals surface area contributed by atoms with Gasteiger partial charge < -0.3 is 15.1 Å². The zero-order valence-corrected chi connectivity index (χ0v) is 16.0. The molecule has 0 spiro atoms. The summed E-state index contributed by atoms with van der Waals surface area (Å²) in [5, 5.41) is 3.54. The minimum atomic E-state index is -0.298. The molecule has 0 bridgehead atoms. The number of carbonyl (C=O) groups excluding carboxylic acids is 1. The van der Waals surface area contributed by atoms with Gasteiger partial charge in [-0.1, -0.05) is 12.1 Å². The van der Waals surface area contributed by atoms with E-state index in [1.165, 1.54) is 35.5 Å². The number of anilines is 2. The van der Waals surface area contributed by atoms with Crippen molar-refractivity contribution in [3.63, 3.8) is 0 Å². The van der Waals surface area contributed by atoms with Crippen LogP contribution >= 0.6 is 0 Å². The monoisotopic (exact) mass is 379 g/mol. The third-order valence-electron chi connectivity index (χ3n) is 6.53. The van der Waals surface area contributed by atoms with Gasteiger partial charge in [-0.05, 0) is 55.3 Å². The van der Waals surface area contributed by atoms with Crippen LogP contribution in [0.1, 0.15) is 41.1 Å². The second-order valence-electron chi connectivity index (χ2n) is 8.16. The summed E-state index contributed by atoms with van der Waals surface area (Å²) in [5.41, 5.74) is 4.81. The van der Waals surface area contributed by atoms with Crippen LogP contribution in [0.4, 0.5) is 15.8 Å². The average Bonchev–Trinajstić information content (AvgIpc) is 3.04. The van der Waals surface area contributed by atoms with E-state index in [1.54, 1.807) is 12.1 Å². The van der Waals surface area contributed by atoms with Crippen LogP contribution in [0, 0.1) is 5.82 Å². The molecule has 2 atom stereocenters. The normalized spacial score (nSPS) is 23.1. The number of nitrogens with one attached hydrogen (secondary N) is 1. The number of ketones is 1. The highest BCUT2D eigenvalue weighted by molar-refractivity contribution is 5.95. The number of hydrogen-bond acceptors (Lipinski definition) is 4. The summed E-state index contributed by atoms with van der Waals surface area (Å²) >= 11 is 0. The van der Waals surface area contributed by atoms with Crippen molar-refractivity contribution in [2.75, 3.05) is 42.9 Å². The van der Waals surface area contributed by atoms with E-state index >= 15 is 0 Å². The van der Waals surface area contributed by atoms with Crippen molar-refractivity contribution in [1.29, 1.82) is 0 Å². The molecule has 1 N–H and O–H groups in total. The fourth-order valence-corrected chi connectivity index (χ4v) is 5.21. The third-order valence-corrected chi connectivity index (χ3v) is 6.53. The van der Waals surface area contributed by atoms with E-state index in [0.29, 0.717) is 23.9 Å². The number of nitrogens with zero attached hydrogens (tertiary/aromatic N) is 2. The summed E-state index contributed by atoms with van der Waals surface area (Å²) < 4.78 is 13.0. The maximum atomic E-state index is 13.0. The molecular formula is C23H26FN3O. The van der Waals surface area contributed by atoms with Gasteiger partial charge in [-0.2, -0.15) is 0 Å². The average molecular weight is 379 g/mol. The lowest BCUT2D eigenvalue weighted by molar-refractivity contribution is 0.0971. The molecule has 0 aromatic heterocycles. The van der Waals surface area contributed by atoms with E-state index in [-0.39, 0.29) is 11.6 Å². The van der Waals surface area contributed by atoms with Crippen LogP contribution in [-0.4, -0.2) is 49.4 Å². The fraction of sp³-hybridized carbons (Fsp3) is 0.435. The minimum Gasteiger partial charge on any atom is -0.382 e. The van der Waals surface area contributed by atoms with Crippen LogP contribution in [0.15, 0.2) is 42.5 Å². The van der Waals surface area contributed by atoms with Gasteiger partial charge in [0.15, 0.2) is 5.78 Å². The number of rotatable bonds is 5. The molecule has 1 fully saturated rings. The Labute approximate surface area is 165 Å². The van der Waals surface area contributed by atoms with Gasteiger partial charge in [0.25, 0.3) is 0 Å². The molecule has 3 heterocycles.